The Morgan fingerprint density at radius 1 is 1.26 bits per heavy atom. The van der Waals surface area contributed by atoms with Gasteiger partial charge in [0.25, 0.3) is 5.91 Å². The average Bonchev–Trinajstić information content (AvgIpc) is 2.47. The fourth-order valence-corrected chi connectivity index (χ4v) is 3.56. The highest BCUT2D eigenvalue weighted by Gasteiger charge is 2.22. The first-order valence-electron chi connectivity index (χ1n) is 7.74. The van der Waals surface area contributed by atoms with Crippen molar-refractivity contribution < 1.29 is 17.6 Å². The lowest BCUT2D eigenvalue weighted by molar-refractivity contribution is 0.0977. The Kier molecular flexibility index (Phi) is 5.29. The van der Waals surface area contributed by atoms with Gasteiger partial charge in [-0.1, -0.05) is 19.3 Å². The number of hydrogen-bond acceptors (Lipinski definition) is 4. The second-order valence-corrected chi connectivity index (χ2v) is 7.97. The number of nitrogens with one attached hydrogen (secondary N) is 1. The molecular weight excluding hydrogens is 319 g/mol. The lowest BCUT2D eigenvalue weighted by Gasteiger charge is -2.34. The van der Waals surface area contributed by atoms with Crippen molar-refractivity contribution >= 4 is 21.6 Å². The SMILES string of the molecule is Cc1cc(C(=O)NS(C)(=O)=O)c(F)cc1N(C)C1CCCCC1. The van der Waals surface area contributed by atoms with E-state index in [4.69, 9.17) is 0 Å². The Morgan fingerprint density at radius 2 is 1.87 bits per heavy atom. The van der Waals surface area contributed by atoms with Crippen LogP contribution in [-0.2, 0) is 10.0 Å². The van der Waals surface area contributed by atoms with Crippen LogP contribution < -0.4 is 9.62 Å². The van der Waals surface area contributed by atoms with Gasteiger partial charge in [0.1, 0.15) is 5.82 Å². The predicted octanol–water partition coefficient (Wildman–Crippen LogP) is 2.59. The first kappa shape index (κ1) is 17.7. The highest BCUT2D eigenvalue weighted by atomic mass is 32.2. The molecule has 0 radical (unpaired) electrons. The molecule has 0 bridgehead atoms. The first-order chi connectivity index (χ1) is 10.7. The van der Waals surface area contributed by atoms with E-state index in [0.717, 1.165) is 30.3 Å². The van der Waals surface area contributed by atoms with Crippen LogP contribution in [-0.4, -0.2) is 33.7 Å². The minimum absolute atomic E-state index is 0.256. The topological polar surface area (TPSA) is 66.5 Å². The first-order valence-corrected chi connectivity index (χ1v) is 9.63. The van der Waals surface area contributed by atoms with Crippen molar-refractivity contribution in [1.82, 2.24) is 4.72 Å². The summed E-state index contributed by atoms with van der Waals surface area (Å²) in [4.78, 5) is 13.9. The van der Waals surface area contributed by atoms with E-state index in [2.05, 4.69) is 4.90 Å². The van der Waals surface area contributed by atoms with Gasteiger partial charge < -0.3 is 4.90 Å². The number of carbonyl (C=O) groups is 1. The normalized spacial score (nSPS) is 16.2. The fourth-order valence-electron chi connectivity index (χ4n) is 3.11. The summed E-state index contributed by atoms with van der Waals surface area (Å²) < 4.78 is 38.4. The van der Waals surface area contributed by atoms with Gasteiger partial charge in [-0.3, -0.25) is 4.79 Å². The molecule has 0 aromatic heterocycles. The maximum atomic E-state index is 14.3. The van der Waals surface area contributed by atoms with Crippen molar-refractivity contribution in [2.24, 2.45) is 0 Å². The molecule has 7 heteroatoms. The number of nitrogens with zero attached hydrogens (tertiary/aromatic N) is 1. The maximum absolute atomic E-state index is 14.3. The third-order valence-electron chi connectivity index (χ3n) is 4.31. The zero-order valence-electron chi connectivity index (χ0n) is 13.7. The Morgan fingerprint density at radius 3 is 2.43 bits per heavy atom. The summed E-state index contributed by atoms with van der Waals surface area (Å²) >= 11 is 0. The van der Waals surface area contributed by atoms with Gasteiger partial charge in [-0.2, -0.15) is 0 Å². The fraction of sp³-hybridized carbons (Fsp3) is 0.562. The molecule has 0 atom stereocenters. The Balaban J connectivity index is 2.27. The highest BCUT2D eigenvalue weighted by molar-refractivity contribution is 7.89. The molecule has 1 amide bonds. The quantitative estimate of drug-likeness (QED) is 0.913. The molecule has 5 nitrogen and oxygen atoms in total. The molecule has 1 aromatic rings. The molecule has 0 spiro atoms. The van der Waals surface area contributed by atoms with Crippen LogP contribution in [0.3, 0.4) is 0 Å². The van der Waals surface area contributed by atoms with Crippen LogP contribution in [0.5, 0.6) is 0 Å². The average molecular weight is 342 g/mol. The van der Waals surface area contributed by atoms with E-state index in [0.29, 0.717) is 6.04 Å². The van der Waals surface area contributed by atoms with E-state index >= 15 is 0 Å². The molecule has 0 unspecified atom stereocenters. The molecule has 0 heterocycles. The van der Waals surface area contributed by atoms with E-state index in [1.54, 1.807) is 11.6 Å². The van der Waals surface area contributed by atoms with Crippen LogP contribution in [0.4, 0.5) is 10.1 Å². The Hall–Kier alpha value is -1.63. The van der Waals surface area contributed by atoms with Crippen LogP contribution in [0.1, 0.15) is 48.0 Å². The molecule has 1 saturated carbocycles. The summed E-state index contributed by atoms with van der Waals surface area (Å²) in [5, 5.41) is 0. The van der Waals surface area contributed by atoms with E-state index in [1.807, 2.05) is 7.05 Å². The summed E-state index contributed by atoms with van der Waals surface area (Å²) in [6.07, 6.45) is 6.60. The Bertz CT molecular complexity index is 698. The Labute approximate surface area is 136 Å². The number of hydrogen-bond donors (Lipinski definition) is 1. The number of halogens is 1. The molecule has 2 rings (SSSR count). The molecule has 128 valence electrons. The third kappa shape index (κ3) is 4.43. The number of rotatable bonds is 4. The van der Waals surface area contributed by atoms with Crippen LogP contribution in [0.25, 0.3) is 0 Å². The summed E-state index contributed by atoms with van der Waals surface area (Å²) in [5.74, 6) is -1.66. The van der Waals surface area contributed by atoms with Crippen LogP contribution in [0.2, 0.25) is 0 Å². The monoisotopic (exact) mass is 342 g/mol. The highest BCUT2D eigenvalue weighted by Crippen LogP contribution is 2.30. The van der Waals surface area contributed by atoms with Crippen LogP contribution in [0, 0.1) is 12.7 Å². The van der Waals surface area contributed by atoms with E-state index in [-0.39, 0.29) is 5.56 Å². The van der Waals surface area contributed by atoms with E-state index < -0.39 is 21.7 Å². The summed E-state index contributed by atoms with van der Waals surface area (Å²) in [6, 6.07) is 3.10. The number of carbonyl (C=O) groups excluding carboxylic acids is 1. The van der Waals surface area contributed by atoms with Crippen molar-refractivity contribution in [3.8, 4) is 0 Å². The molecule has 1 fully saturated rings. The molecular formula is C16H23FN2O3S. The van der Waals surface area contributed by atoms with E-state index in [9.17, 15) is 17.6 Å². The lowest BCUT2D eigenvalue weighted by atomic mass is 9.93. The zero-order valence-corrected chi connectivity index (χ0v) is 14.5. The smallest absolute Gasteiger partial charge is 0.267 e. The zero-order chi connectivity index (χ0) is 17.2. The van der Waals surface area contributed by atoms with Crippen molar-refractivity contribution in [2.45, 2.75) is 45.1 Å². The number of amides is 1. The minimum Gasteiger partial charge on any atom is -0.371 e. The van der Waals surface area contributed by atoms with Gasteiger partial charge in [-0.05, 0) is 37.5 Å². The molecule has 1 aromatic carbocycles. The molecule has 1 N–H and O–H groups in total. The molecule has 23 heavy (non-hydrogen) atoms. The standard InChI is InChI=1S/C16H23FN2O3S/c1-11-9-13(16(20)18-23(3,21)22)14(17)10-15(11)19(2)12-7-5-4-6-8-12/h9-10,12H,4-8H2,1-3H3,(H,18,20). The second-order valence-electron chi connectivity index (χ2n) is 6.22. The molecule has 0 saturated heterocycles. The second kappa shape index (κ2) is 6.86. The van der Waals surface area contributed by atoms with E-state index in [1.165, 1.54) is 31.4 Å². The molecule has 0 aliphatic heterocycles. The van der Waals surface area contributed by atoms with Gasteiger partial charge in [0.15, 0.2) is 0 Å². The van der Waals surface area contributed by atoms with Gasteiger partial charge in [-0.15, -0.1) is 0 Å². The predicted molar refractivity (Wildman–Crippen MR) is 88.7 cm³/mol. The van der Waals surface area contributed by atoms with Crippen molar-refractivity contribution in [1.29, 1.82) is 0 Å². The summed E-state index contributed by atoms with van der Waals surface area (Å²) in [7, 11) is -1.78. The number of aryl methyl sites for hydroxylation is 1. The van der Waals surface area contributed by atoms with Gasteiger partial charge in [-0.25, -0.2) is 17.5 Å². The van der Waals surface area contributed by atoms with Crippen molar-refractivity contribution in [3.63, 3.8) is 0 Å². The largest absolute Gasteiger partial charge is 0.371 e. The van der Waals surface area contributed by atoms with Gasteiger partial charge >= 0.3 is 0 Å². The van der Waals surface area contributed by atoms with Gasteiger partial charge in [0.2, 0.25) is 10.0 Å². The lowest BCUT2D eigenvalue weighted by Crippen LogP contribution is -2.34. The summed E-state index contributed by atoms with van der Waals surface area (Å²) in [6.45, 7) is 1.80. The maximum Gasteiger partial charge on any atom is 0.267 e. The number of sulfonamides is 1. The third-order valence-corrected chi connectivity index (χ3v) is 4.87. The minimum atomic E-state index is -3.72. The van der Waals surface area contributed by atoms with Crippen molar-refractivity contribution in [3.05, 3.63) is 29.1 Å². The summed E-state index contributed by atoms with van der Waals surface area (Å²) in [5.41, 5.74) is 1.23. The number of anilines is 1. The number of benzene rings is 1. The molecule has 1 aliphatic carbocycles. The van der Waals surface area contributed by atoms with Crippen LogP contribution in [0.15, 0.2) is 12.1 Å². The van der Waals surface area contributed by atoms with Crippen molar-refractivity contribution in [2.75, 3.05) is 18.2 Å². The van der Waals surface area contributed by atoms with Gasteiger partial charge in [0, 0.05) is 18.8 Å². The van der Waals surface area contributed by atoms with Crippen LogP contribution >= 0.6 is 0 Å². The molecule has 1 aliphatic rings. The van der Waals surface area contributed by atoms with Gasteiger partial charge in [0.05, 0.1) is 11.8 Å².